The smallest absolute Gasteiger partial charge is 0.240 e. The summed E-state index contributed by atoms with van der Waals surface area (Å²) in [6.07, 6.45) is 0.787. The Morgan fingerprint density at radius 1 is 1.30 bits per heavy atom. The molecule has 1 heterocycles. The van der Waals surface area contributed by atoms with Gasteiger partial charge in [0.2, 0.25) is 10.0 Å². The summed E-state index contributed by atoms with van der Waals surface area (Å²) in [7, 11) is -3.47. The van der Waals surface area contributed by atoms with E-state index < -0.39 is 10.0 Å². The number of aryl methyl sites for hydroxylation is 1. The third kappa shape index (κ3) is 5.46. The van der Waals surface area contributed by atoms with Crippen molar-refractivity contribution >= 4 is 10.0 Å². The molecule has 0 aromatic heterocycles. The second kappa shape index (κ2) is 8.63. The van der Waals surface area contributed by atoms with E-state index in [1.807, 2.05) is 6.92 Å². The predicted octanol–water partition coefficient (Wildman–Crippen LogP) is 1.39. The number of nitrogens with one attached hydrogen (secondary N) is 1. The van der Waals surface area contributed by atoms with Gasteiger partial charge in [-0.3, -0.25) is 4.90 Å². The monoisotopic (exact) mass is 342 g/mol. The molecule has 6 nitrogen and oxygen atoms in total. The van der Waals surface area contributed by atoms with Crippen LogP contribution in [0.4, 0.5) is 0 Å². The SMILES string of the molecule is CCOc1ccc(S(=O)(=O)NCCCN2CCOCC2)c(C)c1. The fourth-order valence-corrected chi connectivity index (χ4v) is 3.89. The summed E-state index contributed by atoms with van der Waals surface area (Å²) in [6, 6.07) is 5.05. The number of rotatable bonds is 8. The van der Waals surface area contributed by atoms with Gasteiger partial charge in [-0.05, 0) is 50.6 Å². The summed E-state index contributed by atoms with van der Waals surface area (Å²) in [6.45, 7) is 8.93. The van der Waals surface area contributed by atoms with E-state index in [1.165, 1.54) is 0 Å². The van der Waals surface area contributed by atoms with Crippen molar-refractivity contribution in [1.82, 2.24) is 9.62 Å². The molecule has 2 rings (SSSR count). The van der Waals surface area contributed by atoms with Gasteiger partial charge < -0.3 is 9.47 Å². The number of hydrogen-bond acceptors (Lipinski definition) is 5. The largest absolute Gasteiger partial charge is 0.494 e. The Bertz CT molecular complexity index is 598. The van der Waals surface area contributed by atoms with Crippen LogP contribution in [0.15, 0.2) is 23.1 Å². The Morgan fingerprint density at radius 2 is 2.04 bits per heavy atom. The molecule has 1 N–H and O–H groups in total. The van der Waals surface area contributed by atoms with Crippen LogP contribution in [0.3, 0.4) is 0 Å². The van der Waals surface area contributed by atoms with Gasteiger partial charge >= 0.3 is 0 Å². The number of sulfonamides is 1. The van der Waals surface area contributed by atoms with Crippen molar-refractivity contribution < 1.29 is 17.9 Å². The van der Waals surface area contributed by atoms with Crippen LogP contribution in [0.2, 0.25) is 0 Å². The van der Waals surface area contributed by atoms with E-state index in [2.05, 4.69) is 9.62 Å². The van der Waals surface area contributed by atoms with E-state index >= 15 is 0 Å². The van der Waals surface area contributed by atoms with Crippen LogP contribution in [0.25, 0.3) is 0 Å². The Morgan fingerprint density at radius 3 is 2.70 bits per heavy atom. The minimum absolute atomic E-state index is 0.312. The minimum atomic E-state index is -3.47. The molecule has 0 spiro atoms. The first kappa shape index (κ1) is 18.2. The molecule has 1 aliphatic rings. The van der Waals surface area contributed by atoms with Gasteiger partial charge in [0.25, 0.3) is 0 Å². The van der Waals surface area contributed by atoms with Crippen LogP contribution in [-0.4, -0.2) is 59.3 Å². The van der Waals surface area contributed by atoms with Crippen LogP contribution >= 0.6 is 0 Å². The van der Waals surface area contributed by atoms with Crippen LogP contribution < -0.4 is 9.46 Å². The lowest BCUT2D eigenvalue weighted by Crippen LogP contribution is -2.38. The van der Waals surface area contributed by atoms with E-state index in [9.17, 15) is 8.42 Å². The van der Waals surface area contributed by atoms with Gasteiger partial charge in [0.05, 0.1) is 24.7 Å². The second-order valence-corrected chi connectivity index (χ2v) is 7.30. The van der Waals surface area contributed by atoms with Gasteiger partial charge in [-0.2, -0.15) is 0 Å². The summed E-state index contributed by atoms with van der Waals surface area (Å²) >= 11 is 0. The molecule has 1 fully saturated rings. The van der Waals surface area contributed by atoms with E-state index in [1.54, 1.807) is 25.1 Å². The van der Waals surface area contributed by atoms with Crippen LogP contribution in [0.1, 0.15) is 18.9 Å². The molecule has 0 radical (unpaired) electrons. The van der Waals surface area contributed by atoms with E-state index in [0.29, 0.717) is 29.4 Å². The number of morpholine rings is 1. The first-order valence-corrected chi connectivity index (χ1v) is 9.54. The number of ether oxygens (including phenoxy) is 2. The molecule has 1 aromatic rings. The maximum absolute atomic E-state index is 12.4. The Balaban J connectivity index is 1.86. The van der Waals surface area contributed by atoms with Crippen molar-refractivity contribution in [1.29, 1.82) is 0 Å². The van der Waals surface area contributed by atoms with Crippen molar-refractivity contribution in [3.63, 3.8) is 0 Å². The van der Waals surface area contributed by atoms with E-state index in [4.69, 9.17) is 9.47 Å². The van der Waals surface area contributed by atoms with Gasteiger partial charge in [-0.15, -0.1) is 0 Å². The zero-order valence-corrected chi connectivity index (χ0v) is 14.7. The first-order chi connectivity index (χ1) is 11.0. The lowest BCUT2D eigenvalue weighted by Gasteiger charge is -2.26. The van der Waals surface area contributed by atoms with Crippen LogP contribution in [-0.2, 0) is 14.8 Å². The summed E-state index contributed by atoms with van der Waals surface area (Å²) in [5, 5.41) is 0. The van der Waals surface area contributed by atoms with Gasteiger partial charge in [-0.25, -0.2) is 13.1 Å². The third-order valence-electron chi connectivity index (χ3n) is 3.79. The molecule has 130 valence electrons. The number of nitrogens with zero attached hydrogens (tertiary/aromatic N) is 1. The molecule has 23 heavy (non-hydrogen) atoms. The average Bonchev–Trinajstić information content (AvgIpc) is 2.53. The molecular weight excluding hydrogens is 316 g/mol. The standard InChI is InChI=1S/C16H26N2O4S/c1-3-22-15-5-6-16(14(2)13-15)23(19,20)17-7-4-8-18-9-11-21-12-10-18/h5-6,13,17H,3-4,7-12H2,1-2H3. The number of hydrogen-bond donors (Lipinski definition) is 1. The summed E-state index contributed by atoms with van der Waals surface area (Å²) in [5.74, 6) is 0.691. The van der Waals surface area contributed by atoms with Crippen molar-refractivity contribution in [2.45, 2.75) is 25.2 Å². The molecule has 7 heteroatoms. The van der Waals surface area contributed by atoms with Crippen LogP contribution in [0.5, 0.6) is 5.75 Å². The topological polar surface area (TPSA) is 67.9 Å². The Kier molecular flexibility index (Phi) is 6.83. The fourth-order valence-electron chi connectivity index (χ4n) is 2.59. The lowest BCUT2D eigenvalue weighted by atomic mass is 10.2. The number of benzene rings is 1. The first-order valence-electron chi connectivity index (χ1n) is 8.06. The van der Waals surface area contributed by atoms with Crippen LogP contribution in [0, 0.1) is 6.92 Å². The van der Waals surface area contributed by atoms with Gasteiger partial charge in [0, 0.05) is 19.6 Å². The summed E-state index contributed by atoms with van der Waals surface area (Å²) in [4.78, 5) is 2.60. The van der Waals surface area contributed by atoms with Gasteiger partial charge in [0.15, 0.2) is 0 Å². The average molecular weight is 342 g/mol. The third-order valence-corrected chi connectivity index (χ3v) is 5.42. The highest BCUT2D eigenvalue weighted by molar-refractivity contribution is 7.89. The van der Waals surface area contributed by atoms with Crippen molar-refractivity contribution in [3.8, 4) is 5.75 Å². The van der Waals surface area contributed by atoms with Crippen molar-refractivity contribution in [3.05, 3.63) is 23.8 Å². The van der Waals surface area contributed by atoms with Crippen molar-refractivity contribution in [2.24, 2.45) is 0 Å². The minimum Gasteiger partial charge on any atom is -0.494 e. The molecule has 0 amide bonds. The highest BCUT2D eigenvalue weighted by Gasteiger charge is 2.17. The van der Waals surface area contributed by atoms with Crippen molar-refractivity contribution in [2.75, 3.05) is 46.0 Å². The molecule has 0 aliphatic carbocycles. The second-order valence-electron chi connectivity index (χ2n) is 5.57. The maximum Gasteiger partial charge on any atom is 0.240 e. The molecule has 0 bridgehead atoms. The van der Waals surface area contributed by atoms with Gasteiger partial charge in [-0.1, -0.05) is 0 Å². The highest BCUT2D eigenvalue weighted by atomic mass is 32.2. The zero-order chi connectivity index (χ0) is 16.7. The van der Waals surface area contributed by atoms with E-state index in [-0.39, 0.29) is 0 Å². The molecule has 0 saturated carbocycles. The molecule has 0 atom stereocenters. The van der Waals surface area contributed by atoms with E-state index in [0.717, 1.165) is 39.3 Å². The molecule has 0 unspecified atom stereocenters. The molecule has 1 saturated heterocycles. The fraction of sp³-hybridized carbons (Fsp3) is 0.625. The Hall–Kier alpha value is -1.15. The molecular formula is C16H26N2O4S. The molecule has 1 aromatic carbocycles. The normalized spacial score (nSPS) is 16.4. The highest BCUT2D eigenvalue weighted by Crippen LogP contribution is 2.21. The molecule has 1 aliphatic heterocycles. The quantitative estimate of drug-likeness (QED) is 0.723. The van der Waals surface area contributed by atoms with Gasteiger partial charge in [0.1, 0.15) is 5.75 Å². The lowest BCUT2D eigenvalue weighted by molar-refractivity contribution is 0.0376. The summed E-state index contributed by atoms with van der Waals surface area (Å²) < 4.78 is 38.1. The zero-order valence-electron chi connectivity index (χ0n) is 13.9. The predicted molar refractivity (Wildman–Crippen MR) is 89.4 cm³/mol. The Labute approximate surface area is 138 Å². The summed E-state index contributed by atoms with van der Waals surface area (Å²) in [5.41, 5.74) is 0.691. The maximum atomic E-state index is 12.4.